The Kier molecular flexibility index (Phi) is 4.89. The fourth-order valence-electron chi connectivity index (χ4n) is 1.78. The molecular weight excluding hydrogens is 340 g/mol. The second kappa shape index (κ2) is 6.29. The van der Waals surface area contributed by atoms with Gasteiger partial charge in [0.2, 0.25) is 0 Å². The van der Waals surface area contributed by atoms with Gasteiger partial charge in [0.15, 0.2) is 11.7 Å². The molecule has 0 amide bonds. The van der Waals surface area contributed by atoms with Crippen LogP contribution < -0.4 is 5.32 Å². The minimum absolute atomic E-state index is 0.102. The second-order valence-electron chi connectivity index (χ2n) is 5.67. The van der Waals surface area contributed by atoms with Gasteiger partial charge in [-0.15, -0.1) is 0 Å². The molecule has 1 heterocycles. The number of halogens is 2. The Balaban J connectivity index is 2.05. The summed E-state index contributed by atoms with van der Waals surface area (Å²) >= 11 is 9.60. The van der Waals surface area contributed by atoms with Gasteiger partial charge in [0, 0.05) is 28.5 Å². The van der Waals surface area contributed by atoms with Crippen LogP contribution in [0.15, 0.2) is 33.3 Å². The molecule has 0 atom stereocenters. The topological polar surface area (TPSA) is 38.1 Å². The van der Waals surface area contributed by atoms with E-state index in [0.717, 1.165) is 28.9 Å². The van der Waals surface area contributed by atoms with Crippen LogP contribution in [0, 0.1) is 0 Å². The lowest BCUT2D eigenvalue weighted by Gasteiger charge is -2.19. The average Bonchev–Trinajstić information content (AvgIpc) is 2.75. The molecule has 0 radical (unpaired) electrons. The molecule has 1 aromatic carbocycles. The third-order valence-electron chi connectivity index (χ3n) is 2.74. The minimum atomic E-state index is 0.102. The molecule has 1 N–H and O–H groups in total. The van der Waals surface area contributed by atoms with Gasteiger partial charge >= 0.3 is 0 Å². The first-order valence-electron chi connectivity index (χ1n) is 6.50. The Morgan fingerprint density at radius 3 is 2.75 bits per heavy atom. The zero-order valence-electron chi connectivity index (χ0n) is 11.8. The number of benzene rings is 1. The quantitative estimate of drug-likeness (QED) is 0.862. The Morgan fingerprint density at radius 2 is 2.10 bits per heavy atom. The molecule has 2 aromatic rings. The van der Waals surface area contributed by atoms with Crippen LogP contribution in [0.25, 0.3) is 11.3 Å². The molecule has 0 aliphatic heterocycles. The van der Waals surface area contributed by atoms with Crippen molar-refractivity contribution in [3.05, 3.63) is 39.8 Å². The molecule has 0 aliphatic rings. The van der Waals surface area contributed by atoms with E-state index in [4.69, 9.17) is 16.0 Å². The molecule has 0 aliphatic carbocycles. The molecule has 2 rings (SSSR count). The molecule has 0 fully saturated rings. The number of aromatic nitrogens is 1. The van der Waals surface area contributed by atoms with Gasteiger partial charge < -0.3 is 9.73 Å². The smallest absolute Gasteiger partial charge is 0.196 e. The van der Waals surface area contributed by atoms with Crippen LogP contribution in [-0.4, -0.2) is 17.1 Å². The van der Waals surface area contributed by atoms with E-state index >= 15 is 0 Å². The SMILES string of the molecule is CC(C)(C)NCCc1ncc(-c2ccc(Br)cc2Cl)o1. The highest BCUT2D eigenvalue weighted by Crippen LogP contribution is 2.30. The van der Waals surface area contributed by atoms with Crippen molar-refractivity contribution in [2.24, 2.45) is 0 Å². The summed E-state index contributed by atoms with van der Waals surface area (Å²) in [6, 6.07) is 5.70. The summed E-state index contributed by atoms with van der Waals surface area (Å²) in [6.07, 6.45) is 2.48. The Labute approximate surface area is 132 Å². The maximum atomic E-state index is 6.21. The van der Waals surface area contributed by atoms with Crippen molar-refractivity contribution in [1.29, 1.82) is 0 Å². The van der Waals surface area contributed by atoms with E-state index in [0.29, 0.717) is 10.8 Å². The summed E-state index contributed by atoms with van der Waals surface area (Å²) in [6.45, 7) is 7.23. The molecule has 108 valence electrons. The Hall–Kier alpha value is -0.840. The lowest BCUT2D eigenvalue weighted by Crippen LogP contribution is -2.37. The van der Waals surface area contributed by atoms with Crippen LogP contribution in [-0.2, 0) is 6.42 Å². The van der Waals surface area contributed by atoms with Crippen molar-refractivity contribution in [1.82, 2.24) is 10.3 Å². The van der Waals surface area contributed by atoms with E-state index in [-0.39, 0.29) is 5.54 Å². The van der Waals surface area contributed by atoms with Crippen molar-refractivity contribution in [3.8, 4) is 11.3 Å². The van der Waals surface area contributed by atoms with Crippen LogP contribution in [0.3, 0.4) is 0 Å². The largest absolute Gasteiger partial charge is 0.441 e. The molecule has 0 saturated heterocycles. The number of rotatable bonds is 4. The normalized spacial score (nSPS) is 11.8. The van der Waals surface area contributed by atoms with E-state index in [9.17, 15) is 0 Å². The van der Waals surface area contributed by atoms with Gasteiger partial charge in [-0.1, -0.05) is 27.5 Å². The number of hydrogen-bond acceptors (Lipinski definition) is 3. The monoisotopic (exact) mass is 356 g/mol. The van der Waals surface area contributed by atoms with Gasteiger partial charge in [-0.05, 0) is 39.0 Å². The van der Waals surface area contributed by atoms with E-state index < -0.39 is 0 Å². The first-order chi connectivity index (χ1) is 9.35. The van der Waals surface area contributed by atoms with Gasteiger partial charge in [0.25, 0.3) is 0 Å². The highest BCUT2D eigenvalue weighted by atomic mass is 79.9. The van der Waals surface area contributed by atoms with Crippen molar-refractivity contribution in [2.75, 3.05) is 6.54 Å². The van der Waals surface area contributed by atoms with E-state index in [2.05, 4.69) is 47.0 Å². The third-order valence-corrected chi connectivity index (χ3v) is 3.55. The van der Waals surface area contributed by atoms with Crippen LogP contribution in [0.5, 0.6) is 0 Å². The molecule has 0 unspecified atom stereocenters. The molecule has 1 aromatic heterocycles. The maximum Gasteiger partial charge on any atom is 0.196 e. The molecule has 20 heavy (non-hydrogen) atoms. The number of nitrogens with zero attached hydrogens (tertiary/aromatic N) is 1. The summed E-state index contributed by atoms with van der Waals surface area (Å²) in [7, 11) is 0. The Bertz CT molecular complexity index is 590. The highest BCUT2D eigenvalue weighted by Gasteiger charge is 2.12. The summed E-state index contributed by atoms with van der Waals surface area (Å²) in [4.78, 5) is 4.30. The molecule has 0 saturated carbocycles. The molecular formula is C15H18BrClN2O. The predicted octanol–water partition coefficient (Wildman–Crippen LogP) is 4.69. The van der Waals surface area contributed by atoms with Gasteiger partial charge in [-0.3, -0.25) is 0 Å². The zero-order chi connectivity index (χ0) is 14.8. The first kappa shape index (κ1) is 15.5. The van der Waals surface area contributed by atoms with Crippen LogP contribution in [0.1, 0.15) is 26.7 Å². The summed E-state index contributed by atoms with van der Waals surface area (Å²) in [5.74, 6) is 1.42. The Morgan fingerprint density at radius 1 is 1.35 bits per heavy atom. The van der Waals surface area contributed by atoms with Crippen molar-refractivity contribution >= 4 is 27.5 Å². The number of nitrogens with one attached hydrogen (secondary N) is 1. The van der Waals surface area contributed by atoms with Gasteiger partial charge in [-0.2, -0.15) is 0 Å². The molecule has 0 bridgehead atoms. The van der Waals surface area contributed by atoms with Crippen LogP contribution in [0.2, 0.25) is 5.02 Å². The highest BCUT2D eigenvalue weighted by molar-refractivity contribution is 9.10. The van der Waals surface area contributed by atoms with E-state index in [1.54, 1.807) is 6.20 Å². The number of hydrogen-bond donors (Lipinski definition) is 1. The minimum Gasteiger partial charge on any atom is -0.441 e. The lowest BCUT2D eigenvalue weighted by atomic mass is 10.1. The lowest BCUT2D eigenvalue weighted by molar-refractivity contribution is 0.412. The van der Waals surface area contributed by atoms with Crippen LogP contribution in [0.4, 0.5) is 0 Å². The third kappa shape index (κ3) is 4.33. The van der Waals surface area contributed by atoms with E-state index in [1.807, 2.05) is 18.2 Å². The first-order valence-corrected chi connectivity index (χ1v) is 7.67. The number of oxazole rings is 1. The van der Waals surface area contributed by atoms with Gasteiger partial charge in [0.05, 0.1) is 11.2 Å². The molecule has 0 spiro atoms. The van der Waals surface area contributed by atoms with E-state index in [1.165, 1.54) is 0 Å². The van der Waals surface area contributed by atoms with Crippen molar-refractivity contribution in [2.45, 2.75) is 32.7 Å². The van der Waals surface area contributed by atoms with Gasteiger partial charge in [0.1, 0.15) is 0 Å². The summed E-state index contributed by atoms with van der Waals surface area (Å²) in [5, 5.41) is 4.05. The average molecular weight is 358 g/mol. The molecule has 3 nitrogen and oxygen atoms in total. The van der Waals surface area contributed by atoms with Gasteiger partial charge in [-0.25, -0.2) is 4.98 Å². The maximum absolute atomic E-state index is 6.21. The second-order valence-corrected chi connectivity index (χ2v) is 6.99. The van der Waals surface area contributed by atoms with Crippen LogP contribution >= 0.6 is 27.5 Å². The van der Waals surface area contributed by atoms with Crippen molar-refractivity contribution in [3.63, 3.8) is 0 Å². The predicted molar refractivity (Wildman–Crippen MR) is 86.1 cm³/mol. The summed E-state index contributed by atoms with van der Waals surface area (Å²) in [5.41, 5.74) is 0.960. The summed E-state index contributed by atoms with van der Waals surface area (Å²) < 4.78 is 6.70. The zero-order valence-corrected chi connectivity index (χ0v) is 14.2. The fraction of sp³-hybridized carbons (Fsp3) is 0.400. The molecule has 5 heteroatoms. The fourth-order valence-corrected chi connectivity index (χ4v) is 2.55. The van der Waals surface area contributed by atoms with Crippen molar-refractivity contribution < 1.29 is 4.42 Å². The standard InChI is InChI=1S/C15H18BrClN2O/c1-15(2,3)19-7-6-14-18-9-13(20-14)11-5-4-10(16)8-12(11)17/h4-5,8-9,19H,6-7H2,1-3H3.